The molecule has 1 unspecified atom stereocenters. The fourth-order valence-corrected chi connectivity index (χ4v) is 4.41. The number of aliphatic hydroxyl groups is 1. The number of hydrogen-bond acceptors (Lipinski definition) is 5. The van der Waals surface area contributed by atoms with E-state index < -0.39 is 0 Å². The number of rotatable bonds is 10. The zero-order valence-electron chi connectivity index (χ0n) is 18.0. The lowest BCUT2D eigenvalue weighted by Gasteiger charge is -2.38. The van der Waals surface area contributed by atoms with Gasteiger partial charge in [0.25, 0.3) is 0 Å². The molecule has 0 aromatic rings. The number of ether oxygens (including phenoxy) is 1. The van der Waals surface area contributed by atoms with Crippen LogP contribution >= 0.6 is 0 Å². The number of hydrogen-bond donors (Lipinski definition) is 3. The van der Waals surface area contributed by atoms with Crippen LogP contribution in [0.4, 0.5) is 0 Å². The van der Waals surface area contributed by atoms with Crippen LogP contribution in [0.15, 0.2) is 12.0 Å². The van der Waals surface area contributed by atoms with Crippen molar-refractivity contribution in [3.8, 4) is 0 Å². The third-order valence-corrected chi connectivity index (χ3v) is 6.08. The van der Waals surface area contributed by atoms with Gasteiger partial charge in [-0.25, -0.2) is 0 Å². The Bertz CT molecular complexity index is 427. The van der Waals surface area contributed by atoms with Crippen LogP contribution in [0.25, 0.3) is 0 Å². The lowest BCUT2D eigenvalue weighted by atomic mass is 9.89. The van der Waals surface area contributed by atoms with Crippen LogP contribution in [0.1, 0.15) is 66.2 Å². The van der Waals surface area contributed by atoms with Gasteiger partial charge in [-0.2, -0.15) is 0 Å². The van der Waals surface area contributed by atoms with E-state index in [0.29, 0.717) is 23.9 Å². The van der Waals surface area contributed by atoms with Gasteiger partial charge in [-0.15, -0.1) is 0 Å². The molecule has 0 saturated carbocycles. The highest BCUT2D eigenvalue weighted by Crippen LogP contribution is 2.27. The monoisotopic (exact) mass is 381 g/mol. The minimum absolute atomic E-state index is 0.0752. The third kappa shape index (κ3) is 8.00. The highest BCUT2D eigenvalue weighted by molar-refractivity contribution is 5.00. The second-order valence-corrected chi connectivity index (χ2v) is 8.85. The predicted octanol–water partition coefficient (Wildman–Crippen LogP) is 3.67. The number of piperidine rings is 2. The van der Waals surface area contributed by atoms with Crippen molar-refractivity contribution >= 4 is 0 Å². The summed E-state index contributed by atoms with van der Waals surface area (Å²) < 4.78 is 6.62. The Kier molecular flexibility index (Phi) is 9.94. The van der Waals surface area contributed by atoms with Gasteiger partial charge in [0.2, 0.25) is 0 Å². The molecule has 0 bridgehead atoms. The van der Waals surface area contributed by atoms with Crippen molar-refractivity contribution in [3.05, 3.63) is 12.0 Å². The first kappa shape index (κ1) is 22.5. The molecule has 2 saturated heterocycles. The summed E-state index contributed by atoms with van der Waals surface area (Å²) in [6.07, 6.45) is 9.65. The molecular formula is C22H43N3O2. The van der Waals surface area contributed by atoms with Crippen LogP contribution in [0.5, 0.6) is 0 Å². The zero-order valence-corrected chi connectivity index (χ0v) is 18.0. The number of aliphatic hydroxyl groups excluding tert-OH is 1. The Morgan fingerprint density at radius 3 is 2.44 bits per heavy atom. The molecule has 2 fully saturated rings. The highest BCUT2D eigenvalue weighted by Gasteiger charge is 2.28. The average molecular weight is 382 g/mol. The molecule has 0 amide bonds. The van der Waals surface area contributed by atoms with Gasteiger partial charge in [0.1, 0.15) is 5.76 Å². The molecular weight excluding hydrogens is 338 g/mol. The molecule has 158 valence electrons. The second-order valence-electron chi connectivity index (χ2n) is 8.85. The molecule has 5 heteroatoms. The van der Waals surface area contributed by atoms with Crippen molar-refractivity contribution in [2.24, 2.45) is 11.8 Å². The fraction of sp³-hybridized carbons (Fsp3) is 0.909. The summed E-state index contributed by atoms with van der Waals surface area (Å²) in [6.45, 7) is 13.9. The first-order valence-electron chi connectivity index (χ1n) is 11.2. The van der Waals surface area contributed by atoms with E-state index in [1.165, 1.54) is 38.8 Å². The second kappa shape index (κ2) is 11.9. The molecule has 2 aliphatic heterocycles. The van der Waals surface area contributed by atoms with Crippen LogP contribution in [0.2, 0.25) is 0 Å². The van der Waals surface area contributed by atoms with Crippen molar-refractivity contribution in [2.75, 3.05) is 32.7 Å². The van der Waals surface area contributed by atoms with Gasteiger partial charge in [-0.3, -0.25) is 4.90 Å². The maximum atomic E-state index is 10.2. The lowest BCUT2D eigenvalue weighted by Crippen LogP contribution is -2.44. The Morgan fingerprint density at radius 1 is 1.19 bits per heavy atom. The standard InChI is InChI=1S/C22H43N3O2/c1-5-23-16-22(26)18(4)25-12-8-20(9-13-25)27-21(14-17(2)3)15-19-6-10-24-11-7-19/h16-21,23-24,26H,5-15H2,1-4H3/b22-16-/t18-,21?/m0/s1. The molecule has 0 aliphatic carbocycles. The van der Waals surface area contributed by atoms with Crippen LogP contribution in [0, 0.1) is 11.8 Å². The normalized spacial score (nSPS) is 23.5. The summed E-state index contributed by atoms with van der Waals surface area (Å²) in [6, 6.07) is 0.0752. The number of nitrogens with one attached hydrogen (secondary N) is 2. The topological polar surface area (TPSA) is 56.8 Å². The molecule has 2 rings (SSSR count). The van der Waals surface area contributed by atoms with E-state index in [0.717, 1.165) is 38.4 Å². The van der Waals surface area contributed by atoms with Gasteiger partial charge in [0.05, 0.1) is 18.2 Å². The predicted molar refractivity (Wildman–Crippen MR) is 113 cm³/mol. The molecule has 0 aromatic carbocycles. The summed E-state index contributed by atoms with van der Waals surface area (Å²) in [5, 5.41) is 16.8. The van der Waals surface area contributed by atoms with Crippen LogP contribution in [-0.4, -0.2) is 61.0 Å². The van der Waals surface area contributed by atoms with Gasteiger partial charge in [0, 0.05) is 25.8 Å². The van der Waals surface area contributed by atoms with E-state index >= 15 is 0 Å². The Hall–Kier alpha value is -0.780. The van der Waals surface area contributed by atoms with Gasteiger partial charge < -0.3 is 20.5 Å². The fourth-order valence-electron chi connectivity index (χ4n) is 4.41. The molecule has 2 atom stereocenters. The number of likely N-dealkylation sites (tertiary alicyclic amines) is 1. The Labute approximate surface area is 166 Å². The molecule has 3 N–H and O–H groups in total. The maximum Gasteiger partial charge on any atom is 0.125 e. The molecule has 0 radical (unpaired) electrons. The number of nitrogens with zero attached hydrogens (tertiary/aromatic N) is 1. The van der Waals surface area contributed by atoms with Crippen LogP contribution in [0.3, 0.4) is 0 Å². The minimum Gasteiger partial charge on any atom is -0.509 e. The van der Waals surface area contributed by atoms with Gasteiger partial charge in [-0.1, -0.05) is 13.8 Å². The third-order valence-electron chi connectivity index (χ3n) is 6.08. The first-order valence-corrected chi connectivity index (χ1v) is 11.2. The SMILES string of the molecule is CCN/C=C(\O)[C@H](C)N1CCC(OC(CC(C)C)CC2CCNCC2)CC1. The first-order chi connectivity index (χ1) is 13.0. The average Bonchev–Trinajstić information content (AvgIpc) is 2.66. The summed E-state index contributed by atoms with van der Waals surface area (Å²) in [5.41, 5.74) is 0. The van der Waals surface area contributed by atoms with E-state index in [1.807, 2.05) is 6.92 Å². The van der Waals surface area contributed by atoms with Crippen molar-refractivity contribution in [1.82, 2.24) is 15.5 Å². The molecule has 2 heterocycles. The molecule has 0 spiro atoms. The Balaban J connectivity index is 1.80. The minimum atomic E-state index is 0.0752. The maximum absolute atomic E-state index is 10.2. The largest absolute Gasteiger partial charge is 0.509 e. The van der Waals surface area contributed by atoms with Gasteiger partial charge >= 0.3 is 0 Å². The summed E-state index contributed by atoms with van der Waals surface area (Å²) in [5.74, 6) is 1.94. The lowest BCUT2D eigenvalue weighted by molar-refractivity contribution is -0.0634. The molecule has 2 aliphatic rings. The quantitative estimate of drug-likeness (QED) is 0.504. The van der Waals surface area contributed by atoms with Crippen molar-refractivity contribution in [2.45, 2.75) is 84.5 Å². The summed E-state index contributed by atoms with van der Waals surface area (Å²) in [4.78, 5) is 2.37. The molecule has 5 nitrogen and oxygen atoms in total. The summed E-state index contributed by atoms with van der Waals surface area (Å²) >= 11 is 0. The van der Waals surface area contributed by atoms with E-state index in [1.54, 1.807) is 6.20 Å². The van der Waals surface area contributed by atoms with Crippen LogP contribution in [-0.2, 0) is 4.74 Å². The highest BCUT2D eigenvalue weighted by atomic mass is 16.5. The van der Waals surface area contributed by atoms with E-state index in [2.05, 4.69) is 36.3 Å². The smallest absolute Gasteiger partial charge is 0.125 e. The van der Waals surface area contributed by atoms with Crippen molar-refractivity contribution in [1.29, 1.82) is 0 Å². The Morgan fingerprint density at radius 2 is 1.85 bits per heavy atom. The van der Waals surface area contributed by atoms with E-state index in [-0.39, 0.29) is 6.04 Å². The molecule has 0 aromatic heterocycles. The summed E-state index contributed by atoms with van der Waals surface area (Å²) in [7, 11) is 0. The van der Waals surface area contributed by atoms with Crippen molar-refractivity contribution in [3.63, 3.8) is 0 Å². The van der Waals surface area contributed by atoms with Gasteiger partial charge in [-0.05, 0) is 77.3 Å². The zero-order chi connectivity index (χ0) is 19.6. The van der Waals surface area contributed by atoms with E-state index in [9.17, 15) is 5.11 Å². The van der Waals surface area contributed by atoms with Crippen molar-refractivity contribution < 1.29 is 9.84 Å². The van der Waals surface area contributed by atoms with Crippen LogP contribution < -0.4 is 10.6 Å². The van der Waals surface area contributed by atoms with Gasteiger partial charge in [0.15, 0.2) is 0 Å². The van der Waals surface area contributed by atoms with E-state index in [4.69, 9.17) is 4.74 Å². The molecule has 27 heavy (non-hydrogen) atoms.